The van der Waals surface area contributed by atoms with Crippen LogP contribution in [0, 0.1) is 11.3 Å². The van der Waals surface area contributed by atoms with Crippen LogP contribution in [0.1, 0.15) is 32.4 Å². The molecule has 0 saturated heterocycles. The van der Waals surface area contributed by atoms with Crippen LogP contribution < -0.4 is 0 Å². The Hall–Kier alpha value is -0.763. The van der Waals surface area contributed by atoms with Crippen molar-refractivity contribution in [3.05, 3.63) is 29.8 Å². The van der Waals surface area contributed by atoms with Gasteiger partial charge in [0.05, 0.1) is 6.07 Å². The summed E-state index contributed by atoms with van der Waals surface area (Å²) in [7, 11) is -1.92. The minimum atomic E-state index is -1.92. The van der Waals surface area contributed by atoms with Crippen LogP contribution in [0.4, 0.5) is 0 Å². The predicted molar refractivity (Wildman–Crippen MR) is 84.9 cm³/mol. The molecule has 0 saturated carbocycles. The summed E-state index contributed by atoms with van der Waals surface area (Å²) in [5.74, 6) is 0. The van der Waals surface area contributed by atoms with Gasteiger partial charge in [0.15, 0.2) is 14.4 Å². The second kappa shape index (κ2) is 6.13. The molecule has 1 unspecified atom stereocenters. The Morgan fingerprint density at radius 3 is 2.11 bits per heavy atom. The van der Waals surface area contributed by atoms with E-state index in [0.717, 1.165) is 5.56 Å². The maximum atomic E-state index is 9.38. The highest BCUT2D eigenvalue weighted by molar-refractivity contribution is 7.98. The summed E-state index contributed by atoms with van der Waals surface area (Å²) in [6.07, 6.45) is 1.58. The van der Waals surface area contributed by atoms with Gasteiger partial charge in [-0.15, -0.1) is 11.8 Å². The lowest BCUT2D eigenvalue weighted by atomic mass is 10.1. The number of hydrogen-bond donors (Lipinski definition) is 0. The number of rotatable bonds is 4. The molecular weight excluding hydrogens is 270 g/mol. The second-order valence-electron chi connectivity index (χ2n) is 6.16. The highest BCUT2D eigenvalue weighted by Gasteiger charge is 2.39. The molecule has 0 amide bonds. The van der Waals surface area contributed by atoms with Gasteiger partial charge < -0.3 is 4.43 Å². The molecule has 0 aliphatic rings. The van der Waals surface area contributed by atoms with Crippen molar-refractivity contribution in [2.45, 2.75) is 49.9 Å². The van der Waals surface area contributed by atoms with Gasteiger partial charge in [0.2, 0.25) is 0 Å². The molecule has 0 bridgehead atoms. The molecule has 1 aromatic rings. The van der Waals surface area contributed by atoms with E-state index in [-0.39, 0.29) is 5.04 Å². The molecule has 19 heavy (non-hydrogen) atoms. The van der Waals surface area contributed by atoms with E-state index in [1.807, 2.05) is 30.5 Å². The van der Waals surface area contributed by atoms with Crippen LogP contribution >= 0.6 is 11.8 Å². The Labute approximate surface area is 122 Å². The van der Waals surface area contributed by atoms with E-state index >= 15 is 0 Å². The molecule has 0 aliphatic carbocycles. The van der Waals surface area contributed by atoms with E-state index in [9.17, 15) is 5.26 Å². The van der Waals surface area contributed by atoms with Crippen molar-refractivity contribution in [3.8, 4) is 6.07 Å². The quantitative estimate of drug-likeness (QED) is 0.579. The van der Waals surface area contributed by atoms with Crippen LogP contribution in [-0.4, -0.2) is 14.6 Å². The molecule has 0 aliphatic heterocycles. The Morgan fingerprint density at radius 1 is 1.21 bits per heavy atom. The SMILES string of the molecule is CSc1ccc(C(C#N)O[Si](C)(C)C(C)(C)C)cc1. The van der Waals surface area contributed by atoms with Crippen molar-refractivity contribution in [3.63, 3.8) is 0 Å². The molecule has 0 fully saturated rings. The molecule has 2 nitrogen and oxygen atoms in total. The fraction of sp³-hybridized carbons (Fsp3) is 0.533. The number of thioether (sulfide) groups is 1. The summed E-state index contributed by atoms with van der Waals surface area (Å²) >= 11 is 1.70. The minimum Gasteiger partial charge on any atom is -0.398 e. The molecule has 0 spiro atoms. The van der Waals surface area contributed by atoms with Crippen molar-refractivity contribution in [2.24, 2.45) is 0 Å². The van der Waals surface area contributed by atoms with Crippen LogP contribution in [0.2, 0.25) is 18.1 Å². The van der Waals surface area contributed by atoms with Gasteiger partial charge in [-0.25, -0.2) is 0 Å². The fourth-order valence-corrected chi connectivity index (χ4v) is 2.96. The minimum absolute atomic E-state index is 0.112. The van der Waals surface area contributed by atoms with Crippen molar-refractivity contribution in [2.75, 3.05) is 6.26 Å². The summed E-state index contributed by atoms with van der Waals surface area (Å²) in [5.41, 5.74) is 0.949. The summed E-state index contributed by atoms with van der Waals surface area (Å²) in [6, 6.07) is 10.4. The first kappa shape index (κ1) is 16.3. The van der Waals surface area contributed by atoms with Gasteiger partial charge in [-0.3, -0.25) is 0 Å². The Bertz CT molecular complexity index is 457. The molecule has 1 aromatic carbocycles. The summed E-state index contributed by atoms with van der Waals surface area (Å²) in [4.78, 5) is 1.20. The lowest BCUT2D eigenvalue weighted by Crippen LogP contribution is -2.41. The lowest BCUT2D eigenvalue weighted by molar-refractivity contribution is 0.236. The van der Waals surface area contributed by atoms with Crippen LogP contribution in [0.25, 0.3) is 0 Å². The first-order chi connectivity index (χ1) is 8.71. The second-order valence-corrected chi connectivity index (χ2v) is 11.8. The Kier molecular flexibility index (Phi) is 5.25. The zero-order valence-electron chi connectivity index (χ0n) is 12.7. The molecule has 4 heteroatoms. The highest BCUT2D eigenvalue weighted by atomic mass is 32.2. The Morgan fingerprint density at radius 2 is 1.74 bits per heavy atom. The van der Waals surface area contributed by atoms with Crippen LogP contribution in [0.5, 0.6) is 0 Å². The fourth-order valence-electron chi connectivity index (χ4n) is 1.42. The zero-order chi connectivity index (χ0) is 14.7. The van der Waals surface area contributed by atoms with Gasteiger partial charge in [-0.1, -0.05) is 32.9 Å². The Balaban J connectivity index is 2.93. The third-order valence-electron chi connectivity index (χ3n) is 3.75. The normalized spacial score (nSPS) is 13.9. The number of nitrogens with zero attached hydrogens (tertiary/aromatic N) is 1. The standard InChI is InChI=1S/C15H23NOSSi/c1-15(2,3)19(5,6)17-14(11-16)12-7-9-13(18-4)10-8-12/h7-10,14H,1-6H3. The molecule has 0 heterocycles. The van der Waals surface area contributed by atoms with Crippen molar-refractivity contribution in [1.29, 1.82) is 5.26 Å². The average molecular weight is 294 g/mol. The van der Waals surface area contributed by atoms with Crippen LogP contribution in [0.15, 0.2) is 29.2 Å². The van der Waals surface area contributed by atoms with Gasteiger partial charge in [0.25, 0.3) is 0 Å². The first-order valence-corrected chi connectivity index (χ1v) is 10.6. The third-order valence-corrected chi connectivity index (χ3v) is 8.94. The third kappa shape index (κ3) is 4.10. The summed E-state index contributed by atoms with van der Waals surface area (Å²) in [6.45, 7) is 10.9. The zero-order valence-corrected chi connectivity index (χ0v) is 14.5. The molecule has 1 rings (SSSR count). The molecule has 0 N–H and O–H groups in total. The molecule has 104 valence electrons. The molecule has 1 atom stereocenters. The number of nitriles is 1. The predicted octanol–water partition coefficient (Wildman–Crippen LogP) is 4.99. The van der Waals surface area contributed by atoms with Gasteiger partial charge in [0.1, 0.15) is 0 Å². The van der Waals surface area contributed by atoms with E-state index in [4.69, 9.17) is 4.43 Å². The summed E-state index contributed by atoms with van der Waals surface area (Å²) < 4.78 is 6.18. The van der Waals surface area contributed by atoms with E-state index in [2.05, 4.69) is 39.9 Å². The van der Waals surface area contributed by atoms with Crippen molar-refractivity contribution in [1.82, 2.24) is 0 Å². The molecule has 0 aromatic heterocycles. The first-order valence-electron chi connectivity index (χ1n) is 6.42. The maximum Gasteiger partial charge on any atom is 0.194 e. The van der Waals surface area contributed by atoms with Crippen molar-refractivity contribution < 1.29 is 4.43 Å². The summed E-state index contributed by atoms with van der Waals surface area (Å²) in [5, 5.41) is 9.49. The number of benzene rings is 1. The van der Waals surface area contributed by atoms with Gasteiger partial charge in [-0.05, 0) is 42.1 Å². The van der Waals surface area contributed by atoms with E-state index in [1.165, 1.54) is 4.90 Å². The van der Waals surface area contributed by atoms with Gasteiger partial charge in [-0.2, -0.15) is 5.26 Å². The highest BCUT2D eigenvalue weighted by Crippen LogP contribution is 2.39. The molecule has 0 radical (unpaired) electrons. The average Bonchev–Trinajstić information content (AvgIpc) is 2.35. The van der Waals surface area contributed by atoms with Crippen LogP contribution in [-0.2, 0) is 4.43 Å². The van der Waals surface area contributed by atoms with Gasteiger partial charge in [0, 0.05) is 4.90 Å². The smallest absolute Gasteiger partial charge is 0.194 e. The van der Waals surface area contributed by atoms with Crippen LogP contribution in [0.3, 0.4) is 0 Å². The van der Waals surface area contributed by atoms with Gasteiger partial charge >= 0.3 is 0 Å². The lowest BCUT2D eigenvalue weighted by Gasteiger charge is -2.37. The van der Waals surface area contributed by atoms with E-state index in [0.29, 0.717) is 0 Å². The van der Waals surface area contributed by atoms with E-state index < -0.39 is 14.4 Å². The molecular formula is C15H23NOSSi. The van der Waals surface area contributed by atoms with E-state index in [1.54, 1.807) is 11.8 Å². The monoisotopic (exact) mass is 293 g/mol. The number of hydrogen-bond acceptors (Lipinski definition) is 3. The largest absolute Gasteiger partial charge is 0.398 e. The van der Waals surface area contributed by atoms with Crippen molar-refractivity contribution >= 4 is 20.1 Å². The maximum absolute atomic E-state index is 9.38. The topological polar surface area (TPSA) is 33.0 Å².